The Balaban J connectivity index is 2.07. The molecule has 1 aliphatic heterocycles. The second kappa shape index (κ2) is 5.52. The van der Waals surface area contributed by atoms with Gasteiger partial charge in [-0.25, -0.2) is 0 Å². The van der Waals surface area contributed by atoms with Crippen molar-refractivity contribution >= 4 is 5.91 Å². The van der Waals surface area contributed by atoms with Crippen LogP contribution in [0.25, 0.3) is 0 Å². The molecule has 5 nitrogen and oxygen atoms in total. The molecule has 100 valence electrons. The topological polar surface area (TPSA) is 72.4 Å². The summed E-state index contributed by atoms with van der Waals surface area (Å²) in [6, 6.07) is 1.87. The average Bonchev–Trinajstić information content (AvgIpc) is 2.99. The van der Waals surface area contributed by atoms with Gasteiger partial charge in [0.05, 0.1) is 5.69 Å². The molecule has 18 heavy (non-hydrogen) atoms. The van der Waals surface area contributed by atoms with E-state index in [0.717, 1.165) is 25.0 Å². The lowest BCUT2D eigenvalue weighted by atomic mass is 9.99. The van der Waals surface area contributed by atoms with Gasteiger partial charge in [-0.2, -0.15) is 0 Å². The number of rotatable bonds is 4. The van der Waals surface area contributed by atoms with Crippen LogP contribution in [0.2, 0.25) is 0 Å². The zero-order chi connectivity index (χ0) is 13.1. The maximum Gasteiger partial charge on any atom is 0.292 e. The Hall–Kier alpha value is -1.36. The summed E-state index contributed by atoms with van der Waals surface area (Å²) < 4.78 is 5.18. The quantitative estimate of drug-likeness (QED) is 0.884. The van der Waals surface area contributed by atoms with Crippen LogP contribution in [0.3, 0.4) is 0 Å². The second-order valence-electron chi connectivity index (χ2n) is 4.93. The molecule has 0 radical (unpaired) electrons. The van der Waals surface area contributed by atoms with Gasteiger partial charge < -0.3 is 15.2 Å². The number of hydrogen-bond donors (Lipinski definition) is 1. The summed E-state index contributed by atoms with van der Waals surface area (Å²) in [7, 11) is 0. The van der Waals surface area contributed by atoms with Gasteiger partial charge in [0.1, 0.15) is 0 Å². The largest absolute Gasteiger partial charge is 0.351 e. The minimum absolute atomic E-state index is 0.0901. The Morgan fingerprint density at radius 1 is 1.61 bits per heavy atom. The Labute approximate surface area is 107 Å². The van der Waals surface area contributed by atoms with E-state index in [1.807, 2.05) is 0 Å². The van der Waals surface area contributed by atoms with Crippen molar-refractivity contribution in [2.45, 2.75) is 45.1 Å². The van der Waals surface area contributed by atoms with Crippen molar-refractivity contribution in [1.29, 1.82) is 0 Å². The molecule has 2 rings (SSSR count). The van der Waals surface area contributed by atoms with Crippen LogP contribution < -0.4 is 5.73 Å². The van der Waals surface area contributed by atoms with E-state index in [1.165, 1.54) is 0 Å². The Morgan fingerprint density at radius 2 is 2.33 bits per heavy atom. The molecule has 5 heteroatoms. The maximum absolute atomic E-state index is 12.1. The predicted octanol–water partition coefficient (Wildman–Crippen LogP) is 1.75. The zero-order valence-electron chi connectivity index (χ0n) is 11.1. The summed E-state index contributed by atoms with van der Waals surface area (Å²) in [5, 5.41) is 4.02. The van der Waals surface area contributed by atoms with E-state index in [1.54, 1.807) is 11.0 Å². The number of nitrogens with zero attached hydrogens (tertiary/aromatic N) is 2. The van der Waals surface area contributed by atoms with E-state index in [-0.39, 0.29) is 11.9 Å². The van der Waals surface area contributed by atoms with Crippen LogP contribution in [0, 0.1) is 0 Å². The Kier molecular flexibility index (Phi) is 4.01. The minimum atomic E-state index is -0.0901. The van der Waals surface area contributed by atoms with Crippen LogP contribution in [0.1, 0.15) is 55.3 Å². The van der Waals surface area contributed by atoms with Crippen LogP contribution in [-0.2, 0) is 0 Å². The van der Waals surface area contributed by atoms with Gasteiger partial charge in [0.15, 0.2) is 0 Å². The number of carbonyl (C=O) groups is 1. The molecule has 0 aliphatic carbocycles. The maximum atomic E-state index is 12.1. The molecule has 1 amide bonds. The second-order valence-corrected chi connectivity index (χ2v) is 4.93. The van der Waals surface area contributed by atoms with E-state index >= 15 is 0 Å². The number of likely N-dealkylation sites (tertiary alicyclic amines) is 1. The van der Waals surface area contributed by atoms with Gasteiger partial charge >= 0.3 is 0 Å². The van der Waals surface area contributed by atoms with Crippen LogP contribution in [0.5, 0.6) is 0 Å². The van der Waals surface area contributed by atoms with E-state index < -0.39 is 0 Å². The molecule has 2 heterocycles. The molecule has 1 saturated heterocycles. The first-order valence-electron chi connectivity index (χ1n) is 6.67. The number of aromatic nitrogens is 1. The highest BCUT2D eigenvalue weighted by atomic mass is 16.5. The number of nitrogens with two attached hydrogens (primary N) is 1. The van der Waals surface area contributed by atoms with Crippen molar-refractivity contribution < 1.29 is 9.32 Å². The highest BCUT2D eigenvalue weighted by molar-refractivity contribution is 5.91. The number of hydrogen-bond acceptors (Lipinski definition) is 4. The van der Waals surface area contributed by atoms with Gasteiger partial charge in [-0.3, -0.25) is 4.79 Å². The van der Waals surface area contributed by atoms with Crippen molar-refractivity contribution in [3.05, 3.63) is 17.5 Å². The average molecular weight is 251 g/mol. The summed E-state index contributed by atoms with van der Waals surface area (Å²) in [4.78, 5) is 13.9. The third kappa shape index (κ3) is 2.56. The number of carbonyl (C=O) groups excluding carboxylic acids is 1. The van der Waals surface area contributed by atoms with Gasteiger partial charge in [0.25, 0.3) is 5.91 Å². The molecular formula is C13H21N3O2. The Morgan fingerprint density at radius 3 is 2.89 bits per heavy atom. The predicted molar refractivity (Wildman–Crippen MR) is 68.3 cm³/mol. The monoisotopic (exact) mass is 251 g/mol. The highest BCUT2D eigenvalue weighted by Gasteiger charge is 2.27. The molecular weight excluding hydrogens is 230 g/mol. The lowest BCUT2D eigenvalue weighted by molar-refractivity contribution is 0.0749. The van der Waals surface area contributed by atoms with Crippen LogP contribution in [0.4, 0.5) is 0 Å². The summed E-state index contributed by atoms with van der Waals surface area (Å²) >= 11 is 0. The summed E-state index contributed by atoms with van der Waals surface area (Å²) in [6.45, 7) is 5.55. The molecule has 1 fully saturated rings. The molecule has 0 spiro atoms. The van der Waals surface area contributed by atoms with Crippen LogP contribution in [0.15, 0.2) is 10.6 Å². The van der Waals surface area contributed by atoms with Crippen molar-refractivity contribution in [2.75, 3.05) is 13.1 Å². The zero-order valence-corrected chi connectivity index (χ0v) is 11.1. The fourth-order valence-electron chi connectivity index (χ4n) is 2.42. The smallest absolute Gasteiger partial charge is 0.292 e. The first-order chi connectivity index (χ1) is 8.65. The normalized spacial score (nSPS) is 19.8. The van der Waals surface area contributed by atoms with Gasteiger partial charge in [0.2, 0.25) is 5.76 Å². The SMILES string of the molecule is CCC(CC)c1cc(C(=O)N2CC[C@@H](N)C2)on1. The van der Waals surface area contributed by atoms with Gasteiger partial charge in [-0.1, -0.05) is 19.0 Å². The summed E-state index contributed by atoms with van der Waals surface area (Å²) in [5.41, 5.74) is 6.68. The van der Waals surface area contributed by atoms with Gasteiger partial charge in [0, 0.05) is 31.1 Å². The molecule has 0 aromatic carbocycles. The molecule has 1 aromatic rings. The lowest BCUT2D eigenvalue weighted by Crippen LogP contribution is -2.31. The third-order valence-corrected chi connectivity index (χ3v) is 3.65. The van der Waals surface area contributed by atoms with Crippen molar-refractivity contribution in [1.82, 2.24) is 10.1 Å². The first kappa shape index (κ1) is 13.1. The Bertz CT molecular complexity index is 412. The van der Waals surface area contributed by atoms with Crippen molar-refractivity contribution in [3.8, 4) is 0 Å². The van der Waals surface area contributed by atoms with Crippen molar-refractivity contribution in [3.63, 3.8) is 0 Å². The fourth-order valence-corrected chi connectivity index (χ4v) is 2.42. The van der Waals surface area contributed by atoms with E-state index in [4.69, 9.17) is 10.3 Å². The molecule has 1 atom stereocenters. The first-order valence-corrected chi connectivity index (χ1v) is 6.67. The van der Waals surface area contributed by atoms with Gasteiger partial charge in [-0.05, 0) is 19.3 Å². The van der Waals surface area contributed by atoms with E-state index in [2.05, 4.69) is 19.0 Å². The highest BCUT2D eigenvalue weighted by Crippen LogP contribution is 2.23. The third-order valence-electron chi connectivity index (χ3n) is 3.65. The van der Waals surface area contributed by atoms with Gasteiger partial charge in [-0.15, -0.1) is 0 Å². The molecule has 1 aliphatic rings. The molecule has 2 N–H and O–H groups in total. The van der Waals surface area contributed by atoms with Crippen LogP contribution in [-0.4, -0.2) is 35.1 Å². The molecule has 1 aromatic heterocycles. The van der Waals surface area contributed by atoms with Crippen LogP contribution >= 0.6 is 0 Å². The molecule has 0 bridgehead atoms. The minimum Gasteiger partial charge on any atom is -0.351 e. The summed E-state index contributed by atoms with van der Waals surface area (Å²) in [6.07, 6.45) is 2.87. The molecule has 0 saturated carbocycles. The van der Waals surface area contributed by atoms with E-state index in [0.29, 0.717) is 24.8 Å². The standard InChI is InChI=1S/C13H21N3O2/c1-3-9(4-2)11-7-12(18-15-11)13(17)16-6-5-10(14)8-16/h7,9-10H,3-6,8,14H2,1-2H3/t10-/m1/s1. The van der Waals surface area contributed by atoms with E-state index in [9.17, 15) is 4.79 Å². The fraction of sp³-hybridized carbons (Fsp3) is 0.692. The van der Waals surface area contributed by atoms with Crippen molar-refractivity contribution in [2.24, 2.45) is 5.73 Å². The molecule has 0 unspecified atom stereocenters. The number of amides is 1. The summed E-state index contributed by atoms with van der Waals surface area (Å²) in [5.74, 6) is 0.620. The lowest BCUT2D eigenvalue weighted by Gasteiger charge is -2.12.